The number of carbonyl (C=O) groups is 4. The first-order chi connectivity index (χ1) is 23.6. The Morgan fingerprint density at radius 2 is 1.64 bits per heavy atom. The van der Waals surface area contributed by atoms with Crippen LogP contribution < -0.4 is 21.7 Å². The molecule has 2 heterocycles. The molecule has 5 N–H and O–H groups in total. The zero-order chi connectivity index (χ0) is 36.4. The van der Waals surface area contributed by atoms with Crippen LogP contribution in [0.5, 0.6) is 0 Å². The van der Waals surface area contributed by atoms with E-state index in [9.17, 15) is 19.2 Å². The van der Waals surface area contributed by atoms with Crippen LogP contribution >= 0.6 is 11.6 Å². The highest BCUT2D eigenvalue weighted by atomic mass is 35.5. The zero-order valence-electron chi connectivity index (χ0n) is 29.9. The van der Waals surface area contributed by atoms with Gasteiger partial charge in [-0.1, -0.05) is 74.8 Å². The minimum atomic E-state index is -1.07. The monoisotopic (exact) mass is 706 g/mol. The standard InChI is InChI=1S/C39H51ClN4O6/c1-22(2)18-30-36(47)49-31(24(4)33-34(50-33)27-14-12-25(21-41)13-15-27)8-7-9-32(45)42-29(20-26-11-10-23(3)28(40)19-26)35(46)44-39(16-17-39)38(5,6)37(48)43-30/h7,9-15,19,22,24,29-31,33-34H,8,16-18,20-21,41H2,1-6H3,(H,42,45)(H,43,48)(H,44,46)/b9-7+/t24-,29+,30-,31-,33?,34?/m0/s1. The van der Waals surface area contributed by atoms with E-state index in [1.54, 1.807) is 26.0 Å². The third-order valence-corrected chi connectivity index (χ3v) is 11.0. The third kappa shape index (κ3) is 8.58. The molecular weight excluding hydrogens is 656 g/mol. The molecule has 3 aliphatic rings. The van der Waals surface area contributed by atoms with Gasteiger partial charge in [0.05, 0.1) is 17.1 Å². The van der Waals surface area contributed by atoms with E-state index < -0.39 is 46.9 Å². The number of rotatable bonds is 8. The van der Waals surface area contributed by atoms with Crippen LogP contribution in [0.3, 0.4) is 0 Å². The van der Waals surface area contributed by atoms with Crippen LogP contribution in [-0.4, -0.2) is 53.5 Å². The number of epoxide rings is 1. The van der Waals surface area contributed by atoms with Gasteiger partial charge in [-0.2, -0.15) is 0 Å². The third-order valence-electron chi connectivity index (χ3n) is 10.6. The molecule has 3 amide bonds. The lowest BCUT2D eigenvalue weighted by Gasteiger charge is -2.36. The molecule has 2 aromatic carbocycles. The first kappa shape index (κ1) is 37.5. The molecule has 6 atom stereocenters. The van der Waals surface area contributed by atoms with E-state index in [1.165, 1.54) is 6.08 Å². The van der Waals surface area contributed by atoms with Gasteiger partial charge in [0.25, 0.3) is 0 Å². The average molecular weight is 707 g/mol. The molecule has 0 bridgehead atoms. The Hall–Kier alpha value is -3.73. The van der Waals surface area contributed by atoms with E-state index in [-0.39, 0.29) is 42.8 Å². The number of aryl methyl sites for hydroxylation is 1. The van der Waals surface area contributed by atoms with Gasteiger partial charge >= 0.3 is 5.97 Å². The molecule has 1 aliphatic carbocycles. The number of hydrogen-bond acceptors (Lipinski definition) is 7. The van der Waals surface area contributed by atoms with Gasteiger partial charge < -0.3 is 31.2 Å². The van der Waals surface area contributed by atoms with E-state index >= 15 is 0 Å². The van der Waals surface area contributed by atoms with Crippen molar-refractivity contribution in [3.8, 4) is 0 Å². The predicted molar refractivity (Wildman–Crippen MR) is 192 cm³/mol. The molecule has 1 spiro atoms. The lowest BCUT2D eigenvalue weighted by Crippen LogP contribution is -2.60. The Balaban J connectivity index is 1.44. The summed E-state index contributed by atoms with van der Waals surface area (Å²) in [5.41, 5.74) is 7.57. The number of nitrogens with two attached hydrogens (primary N) is 1. The summed E-state index contributed by atoms with van der Waals surface area (Å²) in [5.74, 6) is -1.91. The number of benzene rings is 2. The highest BCUT2D eigenvalue weighted by Crippen LogP contribution is 2.50. The van der Waals surface area contributed by atoms with Gasteiger partial charge in [0.2, 0.25) is 17.7 Å². The minimum Gasteiger partial charge on any atom is -0.460 e. The highest BCUT2D eigenvalue weighted by Gasteiger charge is 2.60. The summed E-state index contributed by atoms with van der Waals surface area (Å²) in [7, 11) is 0. The van der Waals surface area contributed by atoms with Crippen LogP contribution in [-0.2, 0) is 41.6 Å². The van der Waals surface area contributed by atoms with Gasteiger partial charge in [-0.3, -0.25) is 14.4 Å². The van der Waals surface area contributed by atoms with Gasteiger partial charge in [-0.15, -0.1) is 0 Å². The molecule has 0 aromatic heterocycles. The maximum atomic E-state index is 14.0. The van der Waals surface area contributed by atoms with Crippen molar-refractivity contribution in [1.82, 2.24) is 16.0 Å². The van der Waals surface area contributed by atoms with Crippen LogP contribution in [0.25, 0.3) is 0 Å². The number of ether oxygens (including phenoxy) is 2. The molecule has 1 saturated heterocycles. The first-order valence-electron chi connectivity index (χ1n) is 17.6. The van der Waals surface area contributed by atoms with Crippen LogP contribution in [0.15, 0.2) is 54.6 Å². The largest absolute Gasteiger partial charge is 0.460 e. The molecule has 0 radical (unpaired) electrons. The van der Waals surface area contributed by atoms with Crippen molar-refractivity contribution in [1.29, 1.82) is 0 Å². The van der Waals surface area contributed by atoms with Crippen molar-refractivity contribution < 1.29 is 28.7 Å². The molecule has 1 saturated carbocycles. The topological polar surface area (TPSA) is 152 Å². The maximum absolute atomic E-state index is 14.0. The van der Waals surface area contributed by atoms with Gasteiger partial charge in [-0.05, 0) is 80.3 Å². The fourth-order valence-corrected chi connectivity index (χ4v) is 6.98. The fourth-order valence-electron chi connectivity index (χ4n) is 6.78. The smallest absolute Gasteiger partial charge is 0.328 e. The van der Waals surface area contributed by atoms with E-state index in [1.807, 2.05) is 64.1 Å². The van der Waals surface area contributed by atoms with Crippen LogP contribution in [0.1, 0.15) is 88.7 Å². The second-order valence-electron chi connectivity index (χ2n) is 15.1. The zero-order valence-corrected chi connectivity index (χ0v) is 30.6. The van der Waals surface area contributed by atoms with Crippen LogP contribution in [0.4, 0.5) is 0 Å². The summed E-state index contributed by atoms with van der Waals surface area (Å²) in [5, 5.41) is 9.54. The molecular formula is C39H51ClN4O6. The van der Waals surface area contributed by atoms with Crippen LogP contribution in [0.2, 0.25) is 5.02 Å². The van der Waals surface area contributed by atoms with E-state index in [2.05, 4.69) is 16.0 Å². The van der Waals surface area contributed by atoms with E-state index in [4.69, 9.17) is 26.8 Å². The Labute approximate surface area is 300 Å². The maximum Gasteiger partial charge on any atom is 0.328 e. The molecule has 2 fully saturated rings. The molecule has 2 aromatic rings. The Morgan fingerprint density at radius 3 is 2.26 bits per heavy atom. The molecule has 5 rings (SSSR count). The number of hydrogen-bond donors (Lipinski definition) is 4. The van der Waals surface area contributed by atoms with Gasteiger partial charge in [-0.25, -0.2) is 4.79 Å². The number of nitrogens with one attached hydrogen (secondary N) is 3. The fraction of sp³-hybridized carbons (Fsp3) is 0.538. The molecule has 10 nitrogen and oxygen atoms in total. The van der Waals surface area contributed by atoms with E-state index in [0.717, 1.165) is 22.3 Å². The van der Waals surface area contributed by atoms with Crippen molar-refractivity contribution in [3.05, 3.63) is 81.9 Å². The first-order valence-corrected chi connectivity index (χ1v) is 18.0. The number of cyclic esters (lactones) is 1. The summed E-state index contributed by atoms with van der Waals surface area (Å²) in [6.45, 7) is 11.8. The summed E-state index contributed by atoms with van der Waals surface area (Å²) in [4.78, 5) is 55.1. The Bertz CT molecular complexity index is 1620. The predicted octanol–water partition coefficient (Wildman–Crippen LogP) is 4.99. The summed E-state index contributed by atoms with van der Waals surface area (Å²) < 4.78 is 12.3. The minimum absolute atomic E-state index is 0.0827. The number of esters is 1. The van der Waals surface area contributed by atoms with Crippen LogP contribution in [0, 0.1) is 24.2 Å². The summed E-state index contributed by atoms with van der Waals surface area (Å²) >= 11 is 6.40. The summed E-state index contributed by atoms with van der Waals surface area (Å²) in [6.07, 6.45) is 3.95. The van der Waals surface area contributed by atoms with Gasteiger partial charge in [0.1, 0.15) is 24.3 Å². The normalized spacial score (nSPS) is 27.9. The van der Waals surface area contributed by atoms with Crippen molar-refractivity contribution >= 4 is 35.3 Å². The number of amides is 3. The van der Waals surface area contributed by atoms with Crippen molar-refractivity contribution in [2.45, 2.75) is 116 Å². The van der Waals surface area contributed by atoms with Crippen molar-refractivity contribution in [3.63, 3.8) is 0 Å². The second kappa shape index (κ2) is 15.3. The van der Waals surface area contributed by atoms with Crippen molar-refractivity contribution in [2.24, 2.45) is 23.0 Å². The quantitative estimate of drug-likeness (QED) is 0.223. The SMILES string of the molecule is Cc1ccc(C[C@H]2NC(=O)/C=C/C[C@@H]([C@H](C)C3OC3c3ccc(CN)cc3)OC(=O)[C@H](CC(C)C)NC(=O)C(C)(C)C3(CC3)NC2=O)cc1Cl. The van der Waals surface area contributed by atoms with E-state index in [0.29, 0.717) is 30.8 Å². The number of halogens is 1. The Kier molecular flexibility index (Phi) is 11.4. The second-order valence-corrected chi connectivity index (χ2v) is 15.5. The van der Waals surface area contributed by atoms with Gasteiger partial charge in [0, 0.05) is 30.3 Å². The summed E-state index contributed by atoms with van der Waals surface area (Å²) in [6, 6.07) is 11.7. The van der Waals surface area contributed by atoms with Crippen molar-refractivity contribution in [2.75, 3.05) is 0 Å². The van der Waals surface area contributed by atoms with Gasteiger partial charge in [0.15, 0.2) is 0 Å². The molecule has 270 valence electrons. The molecule has 11 heteroatoms. The molecule has 2 aliphatic heterocycles. The molecule has 2 unspecified atom stereocenters. The average Bonchev–Trinajstić information content (AvgIpc) is 4.00. The number of carbonyl (C=O) groups excluding carboxylic acids is 4. The Morgan fingerprint density at radius 1 is 0.960 bits per heavy atom. The lowest BCUT2D eigenvalue weighted by molar-refractivity contribution is -0.157. The lowest BCUT2D eigenvalue weighted by atomic mass is 9.80. The molecule has 50 heavy (non-hydrogen) atoms. The highest BCUT2D eigenvalue weighted by molar-refractivity contribution is 6.31.